The summed E-state index contributed by atoms with van der Waals surface area (Å²) < 4.78 is 3.69. The first-order valence-corrected chi connectivity index (χ1v) is 11.5. The molecule has 5 aromatic rings. The van der Waals surface area contributed by atoms with Crippen LogP contribution < -0.4 is 5.32 Å². The molecule has 0 radical (unpaired) electrons. The van der Waals surface area contributed by atoms with E-state index < -0.39 is 0 Å². The molecule has 0 bridgehead atoms. The number of aryl methyl sites for hydroxylation is 3. The number of aromatic nitrogens is 6. The number of fused-ring (bicyclic) bond motifs is 1. The summed E-state index contributed by atoms with van der Waals surface area (Å²) in [5, 5.41) is 12.7. The maximum absolute atomic E-state index is 12.0. The zero-order valence-electron chi connectivity index (χ0n) is 20.3. The van der Waals surface area contributed by atoms with Crippen molar-refractivity contribution in [1.82, 2.24) is 29.5 Å². The number of hydrogen-bond donors (Lipinski definition) is 2. The highest BCUT2D eigenvalue weighted by molar-refractivity contribution is 6.05. The van der Waals surface area contributed by atoms with Gasteiger partial charge in [-0.1, -0.05) is 25.6 Å². The normalized spacial score (nSPS) is 11.2. The second-order valence-corrected chi connectivity index (χ2v) is 8.60. The lowest BCUT2D eigenvalue weighted by Crippen LogP contribution is -2.08. The number of benzene rings is 1. The van der Waals surface area contributed by atoms with Crippen LogP contribution in [0.15, 0.2) is 61.7 Å². The Morgan fingerprint density at radius 1 is 1.11 bits per heavy atom. The van der Waals surface area contributed by atoms with E-state index >= 15 is 0 Å². The van der Waals surface area contributed by atoms with Crippen molar-refractivity contribution in [2.24, 2.45) is 14.1 Å². The molecule has 0 saturated carbocycles. The molecule has 4 heterocycles. The lowest BCUT2D eigenvalue weighted by Gasteiger charge is -2.11. The number of hydrogen-bond acceptors (Lipinski definition) is 4. The zero-order valence-corrected chi connectivity index (χ0v) is 20.3. The molecule has 1 amide bonds. The Balaban J connectivity index is 1.76. The summed E-state index contributed by atoms with van der Waals surface area (Å²) in [6, 6.07) is 8.22. The number of nitrogens with zero attached hydrogens (tertiary/aromatic N) is 5. The van der Waals surface area contributed by atoms with Crippen LogP contribution in [0.1, 0.15) is 18.2 Å². The molecule has 0 atom stereocenters. The molecule has 0 saturated heterocycles. The average Bonchev–Trinajstić information content (AvgIpc) is 3.56. The number of aromatic amines is 1. The fraction of sp³-hybridized carbons (Fsp3) is 0.185. The van der Waals surface area contributed by atoms with Gasteiger partial charge in [0.2, 0.25) is 5.91 Å². The number of pyridine rings is 1. The van der Waals surface area contributed by atoms with Gasteiger partial charge in [-0.2, -0.15) is 10.2 Å². The van der Waals surface area contributed by atoms with Gasteiger partial charge in [-0.15, -0.1) is 0 Å². The van der Waals surface area contributed by atoms with Gasteiger partial charge in [-0.05, 0) is 42.7 Å². The van der Waals surface area contributed by atoms with Crippen LogP contribution in [0, 0.1) is 6.92 Å². The molecule has 0 unspecified atom stereocenters. The minimum atomic E-state index is -0.246. The van der Waals surface area contributed by atoms with Crippen molar-refractivity contribution < 1.29 is 4.79 Å². The van der Waals surface area contributed by atoms with Crippen LogP contribution in [-0.4, -0.2) is 35.4 Å². The Labute approximate surface area is 203 Å². The van der Waals surface area contributed by atoms with Crippen molar-refractivity contribution in [3.8, 4) is 33.5 Å². The van der Waals surface area contributed by atoms with Gasteiger partial charge in [-0.3, -0.25) is 14.2 Å². The van der Waals surface area contributed by atoms with E-state index in [1.807, 2.05) is 62.6 Å². The molecule has 176 valence electrons. The first-order chi connectivity index (χ1) is 16.9. The van der Waals surface area contributed by atoms with Crippen molar-refractivity contribution in [3.63, 3.8) is 0 Å². The van der Waals surface area contributed by atoms with Crippen molar-refractivity contribution in [1.29, 1.82) is 0 Å². The van der Waals surface area contributed by atoms with Gasteiger partial charge >= 0.3 is 0 Å². The van der Waals surface area contributed by atoms with Gasteiger partial charge in [0.25, 0.3) is 0 Å². The van der Waals surface area contributed by atoms with E-state index in [1.54, 1.807) is 4.68 Å². The monoisotopic (exact) mass is 465 g/mol. The first kappa shape index (κ1) is 22.3. The van der Waals surface area contributed by atoms with Gasteiger partial charge in [0, 0.05) is 65.5 Å². The molecule has 5 rings (SSSR count). The number of rotatable bonds is 6. The van der Waals surface area contributed by atoms with Gasteiger partial charge in [0.15, 0.2) is 0 Å². The maximum atomic E-state index is 12.0. The Bertz CT molecular complexity index is 1580. The molecule has 0 fully saturated rings. The highest BCUT2D eigenvalue weighted by atomic mass is 16.1. The molecule has 0 aliphatic heterocycles. The van der Waals surface area contributed by atoms with Gasteiger partial charge in [-0.25, -0.2) is 4.98 Å². The SMILES string of the molecule is C=CC(=O)Nc1cc(-c2c(-c3cnn(C)c3)[nH]c3ncc(-c4cnn(C)c4CC)cc23)ccc1C. The summed E-state index contributed by atoms with van der Waals surface area (Å²) in [5.41, 5.74) is 9.55. The fourth-order valence-corrected chi connectivity index (χ4v) is 4.50. The number of carbonyl (C=O) groups is 1. The third-order valence-electron chi connectivity index (χ3n) is 6.32. The van der Waals surface area contributed by atoms with Crippen molar-refractivity contribution >= 4 is 22.6 Å². The molecule has 1 aromatic carbocycles. The second kappa shape index (κ2) is 8.72. The summed E-state index contributed by atoms with van der Waals surface area (Å²) >= 11 is 0. The van der Waals surface area contributed by atoms with Crippen molar-refractivity contribution in [3.05, 3.63) is 73.0 Å². The zero-order chi connectivity index (χ0) is 24.7. The summed E-state index contributed by atoms with van der Waals surface area (Å²) in [4.78, 5) is 20.3. The summed E-state index contributed by atoms with van der Waals surface area (Å²) in [5.74, 6) is -0.246. The predicted molar refractivity (Wildman–Crippen MR) is 139 cm³/mol. The lowest BCUT2D eigenvalue weighted by molar-refractivity contribution is -0.111. The summed E-state index contributed by atoms with van der Waals surface area (Å²) in [6.07, 6.45) is 9.73. The van der Waals surface area contributed by atoms with E-state index in [0.717, 1.165) is 67.9 Å². The van der Waals surface area contributed by atoms with E-state index in [4.69, 9.17) is 4.98 Å². The molecule has 35 heavy (non-hydrogen) atoms. The highest BCUT2D eigenvalue weighted by Crippen LogP contribution is 2.40. The number of H-pyrrole nitrogens is 1. The fourth-order valence-electron chi connectivity index (χ4n) is 4.50. The Kier molecular flexibility index (Phi) is 5.56. The number of carbonyl (C=O) groups excluding carboxylic acids is 1. The minimum absolute atomic E-state index is 0.246. The van der Waals surface area contributed by atoms with Crippen molar-refractivity contribution in [2.75, 3.05) is 5.32 Å². The molecule has 2 N–H and O–H groups in total. The third kappa shape index (κ3) is 3.93. The highest BCUT2D eigenvalue weighted by Gasteiger charge is 2.20. The third-order valence-corrected chi connectivity index (χ3v) is 6.32. The van der Waals surface area contributed by atoms with E-state index in [9.17, 15) is 4.79 Å². The van der Waals surface area contributed by atoms with Crippen LogP contribution in [0.2, 0.25) is 0 Å². The molecular weight excluding hydrogens is 438 g/mol. The molecule has 0 aliphatic rings. The Hall–Kier alpha value is -4.46. The molecule has 4 aromatic heterocycles. The van der Waals surface area contributed by atoms with E-state index in [2.05, 4.69) is 46.1 Å². The number of nitrogens with one attached hydrogen (secondary N) is 2. The van der Waals surface area contributed by atoms with Crippen LogP contribution in [0.25, 0.3) is 44.5 Å². The molecule has 8 heteroatoms. The van der Waals surface area contributed by atoms with Crippen LogP contribution in [0.4, 0.5) is 5.69 Å². The van der Waals surface area contributed by atoms with E-state index in [0.29, 0.717) is 0 Å². The van der Waals surface area contributed by atoms with Gasteiger partial charge in [0.1, 0.15) is 5.65 Å². The first-order valence-electron chi connectivity index (χ1n) is 11.5. The standard InChI is InChI=1S/C27H27N7O/c1-6-23-21(14-30-34(23)5)18-10-20-25(17-9-8-16(3)22(11-17)31-24(35)7-2)26(32-27(20)28-12-18)19-13-29-33(4)15-19/h7-15H,2,6H2,1,3-5H3,(H,28,32)(H,31,35). The largest absolute Gasteiger partial charge is 0.339 e. The van der Waals surface area contributed by atoms with Gasteiger partial charge < -0.3 is 10.3 Å². The van der Waals surface area contributed by atoms with E-state index in [-0.39, 0.29) is 5.91 Å². The topological polar surface area (TPSA) is 93.4 Å². The minimum Gasteiger partial charge on any atom is -0.339 e. The second-order valence-electron chi connectivity index (χ2n) is 8.60. The smallest absolute Gasteiger partial charge is 0.247 e. The quantitative estimate of drug-likeness (QED) is 0.344. The Morgan fingerprint density at radius 3 is 2.66 bits per heavy atom. The number of anilines is 1. The van der Waals surface area contributed by atoms with Crippen LogP contribution >= 0.6 is 0 Å². The predicted octanol–water partition coefficient (Wildman–Crippen LogP) is 5.03. The summed E-state index contributed by atoms with van der Waals surface area (Å²) in [6.45, 7) is 7.66. The molecular formula is C27H27N7O. The maximum Gasteiger partial charge on any atom is 0.247 e. The molecule has 0 spiro atoms. The molecule has 0 aliphatic carbocycles. The average molecular weight is 466 g/mol. The van der Waals surface area contributed by atoms with Gasteiger partial charge in [0.05, 0.1) is 18.1 Å². The Morgan fingerprint density at radius 2 is 1.94 bits per heavy atom. The van der Waals surface area contributed by atoms with Crippen molar-refractivity contribution in [2.45, 2.75) is 20.3 Å². The molecule has 8 nitrogen and oxygen atoms in total. The van der Waals surface area contributed by atoms with E-state index in [1.165, 1.54) is 6.08 Å². The van der Waals surface area contributed by atoms with Crippen LogP contribution in [0.3, 0.4) is 0 Å². The lowest BCUT2D eigenvalue weighted by atomic mass is 9.97. The van der Waals surface area contributed by atoms with Crippen LogP contribution in [0.5, 0.6) is 0 Å². The number of amides is 1. The summed E-state index contributed by atoms with van der Waals surface area (Å²) in [7, 11) is 3.85. The van der Waals surface area contributed by atoms with Crippen LogP contribution in [-0.2, 0) is 25.3 Å².